The first-order valence-electron chi connectivity index (χ1n) is 13.4. The number of pyridine rings is 1. The second-order valence-corrected chi connectivity index (χ2v) is 11.9. The molecule has 1 fully saturated rings. The molecule has 1 aliphatic carbocycles. The molecule has 0 aliphatic heterocycles. The lowest BCUT2D eigenvalue weighted by Crippen LogP contribution is -2.35. The summed E-state index contributed by atoms with van der Waals surface area (Å²) in [5.41, 5.74) is 3.58. The Morgan fingerprint density at radius 1 is 1.02 bits per heavy atom. The van der Waals surface area contributed by atoms with Crippen LogP contribution in [0.15, 0.2) is 59.6 Å². The Kier molecular flexibility index (Phi) is 8.39. The highest BCUT2D eigenvalue weighted by Crippen LogP contribution is 2.34. The van der Waals surface area contributed by atoms with Crippen LogP contribution in [0.1, 0.15) is 38.2 Å². The number of aromatic nitrogens is 3. The van der Waals surface area contributed by atoms with Crippen LogP contribution in [0.2, 0.25) is 5.02 Å². The molecule has 0 spiro atoms. The minimum atomic E-state index is -3.93. The van der Waals surface area contributed by atoms with Gasteiger partial charge in [0.15, 0.2) is 0 Å². The average molecular weight is 581 g/mol. The number of sulfonamides is 1. The summed E-state index contributed by atoms with van der Waals surface area (Å²) in [6.07, 6.45) is 7.08. The molecule has 5 rings (SSSR count). The van der Waals surface area contributed by atoms with E-state index in [2.05, 4.69) is 38.3 Å². The number of hydrogen-bond acceptors (Lipinski definition) is 8. The van der Waals surface area contributed by atoms with Crippen molar-refractivity contribution in [2.45, 2.75) is 56.0 Å². The molecule has 0 bridgehead atoms. The second kappa shape index (κ2) is 12.0. The molecule has 40 heavy (non-hydrogen) atoms. The molecule has 0 saturated heterocycles. The van der Waals surface area contributed by atoms with Crippen molar-refractivity contribution < 1.29 is 13.2 Å². The lowest BCUT2D eigenvalue weighted by Gasteiger charge is -2.28. The molecule has 3 N–H and O–H groups in total. The lowest BCUT2D eigenvalue weighted by molar-refractivity contribution is 0.370. The average Bonchev–Trinajstić information content (AvgIpc) is 2.97. The second-order valence-electron chi connectivity index (χ2n) is 9.89. The molecule has 0 unspecified atom stereocenters. The highest BCUT2D eigenvalue weighted by molar-refractivity contribution is 7.92. The number of ether oxygens (including phenoxy) is 1. The van der Waals surface area contributed by atoms with Gasteiger partial charge in [-0.25, -0.2) is 18.4 Å². The number of anilines is 2. The maximum Gasteiger partial charge on any atom is 0.264 e. The van der Waals surface area contributed by atoms with Crippen LogP contribution < -0.4 is 20.1 Å². The third-order valence-corrected chi connectivity index (χ3v) is 9.20. The van der Waals surface area contributed by atoms with Crippen LogP contribution in [0.5, 0.6) is 5.88 Å². The number of benzene rings is 2. The predicted octanol–water partition coefficient (Wildman–Crippen LogP) is 5.66. The first-order valence-corrected chi connectivity index (χ1v) is 15.2. The quantitative estimate of drug-likeness (QED) is 0.232. The Morgan fingerprint density at radius 2 is 1.77 bits per heavy atom. The fraction of sp³-hybridized carbons (Fsp3) is 0.345. The van der Waals surface area contributed by atoms with Gasteiger partial charge in [0.05, 0.1) is 17.6 Å². The molecule has 1 aliphatic rings. The predicted molar refractivity (Wildman–Crippen MR) is 160 cm³/mol. The largest absolute Gasteiger partial charge is 0.480 e. The van der Waals surface area contributed by atoms with E-state index in [-0.39, 0.29) is 21.6 Å². The summed E-state index contributed by atoms with van der Waals surface area (Å²) in [4.78, 5) is 13.9. The van der Waals surface area contributed by atoms with Gasteiger partial charge in [0.1, 0.15) is 10.7 Å². The van der Waals surface area contributed by atoms with Crippen LogP contribution in [-0.4, -0.2) is 49.6 Å². The Hall–Kier alpha value is -3.47. The van der Waals surface area contributed by atoms with Crippen molar-refractivity contribution in [3.8, 4) is 17.0 Å². The topological polar surface area (TPSA) is 118 Å². The van der Waals surface area contributed by atoms with Crippen LogP contribution >= 0.6 is 11.6 Å². The molecule has 2 aromatic heterocycles. The molecule has 9 nitrogen and oxygen atoms in total. The SMILES string of the molecule is CCc1cc(-c2ccc(NS(=O)(=O)c3ccccc3Cl)nc2OC)cc2cnc(N[C@H]3CC[C@H](NC)CC3)nc12. The first-order chi connectivity index (χ1) is 19.3. The van der Waals surface area contributed by atoms with Gasteiger partial charge in [-0.05, 0) is 86.7 Å². The monoisotopic (exact) mass is 580 g/mol. The van der Waals surface area contributed by atoms with Crippen LogP contribution in [0.4, 0.5) is 11.8 Å². The number of methoxy groups -OCH3 is 1. The first kappa shape index (κ1) is 28.1. The smallest absolute Gasteiger partial charge is 0.264 e. The van der Waals surface area contributed by atoms with E-state index in [0.717, 1.165) is 59.7 Å². The fourth-order valence-electron chi connectivity index (χ4n) is 5.15. The fourth-order valence-corrected chi connectivity index (χ4v) is 6.67. The standard InChI is InChI=1S/C29H33ClN6O3S/c1-4-18-15-19(16-20-17-32-29(35-27(18)20)33-22-11-9-21(31-2)10-12-22)23-13-14-26(34-28(23)39-3)36-40(37,38)25-8-6-5-7-24(25)30/h5-8,13-17,21-22,31H,4,9-12H2,1-3H3,(H,34,36)(H,32,33,35)/t21-,22-. The van der Waals surface area contributed by atoms with E-state index >= 15 is 0 Å². The number of nitrogens with zero attached hydrogens (tertiary/aromatic N) is 3. The van der Waals surface area contributed by atoms with Crippen molar-refractivity contribution in [1.82, 2.24) is 20.3 Å². The molecule has 0 amide bonds. The van der Waals surface area contributed by atoms with E-state index in [1.54, 1.807) is 24.3 Å². The normalized spacial score (nSPS) is 17.5. The molecule has 2 aromatic carbocycles. The van der Waals surface area contributed by atoms with E-state index < -0.39 is 10.0 Å². The Morgan fingerprint density at radius 3 is 2.48 bits per heavy atom. The number of nitrogens with one attached hydrogen (secondary N) is 3. The van der Waals surface area contributed by atoms with Gasteiger partial charge < -0.3 is 15.4 Å². The Labute approximate surface area is 239 Å². The van der Waals surface area contributed by atoms with E-state index in [1.807, 2.05) is 19.3 Å². The van der Waals surface area contributed by atoms with E-state index in [0.29, 0.717) is 18.0 Å². The van der Waals surface area contributed by atoms with Crippen molar-refractivity contribution in [3.63, 3.8) is 0 Å². The van der Waals surface area contributed by atoms with Gasteiger partial charge in [-0.3, -0.25) is 4.72 Å². The third kappa shape index (κ3) is 5.99. The molecular weight excluding hydrogens is 548 g/mol. The summed E-state index contributed by atoms with van der Waals surface area (Å²) in [7, 11) is -0.403. The number of fused-ring (bicyclic) bond motifs is 1. The number of aryl methyl sites for hydroxylation is 1. The van der Waals surface area contributed by atoms with Crippen molar-refractivity contribution >= 4 is 44.3 Å². The summed E-state index contributed by atoms with van der Waals surface area (Å²) >= 11 is 6.10. The van der Waals surface area contributed by atoms with E-state index in [1.165, 1.54) is 19.2 Å². The van der Waals surface area contributed by atoms with Crippen LogP contribution in [0.3, 0.4) is 0 Å². The molecular formula is C29H33ClN6O3S. The van der Waals surface area contributed by atoms with Crippen molar-refractivity contribution in [2.75, 3.05) is 24.2 Å². The number of rotatable bonds is 9. The summed E-state index contributed by atoms with van der Waals surface area (Å²) < 4.78 is 33.8. The molecule has 1 saturated carbocycles. The minimum absolute atomic E-state index is 0.0249. The maximum absolute atomic E-state index is 12.9. The summed E-state index contributed by atoms with van der Waals surface area (Å²) in [5, 5.41) is 7.93. The van der Waals surface area contributed by atoms with Gasteiger partial charge in [-0.15, -0.1) is 0 Å². The highest BCUT2D eigenvalue weighted by Gasteiger charge is 2.22. The molecule has 0 atom stereocenters. The third-order valence-electron chi connectivity index (χ3n) is 7.34. The molecule has 11 heteroatoms. The lowest BCUT2D eigenvalue weighted by atomic mass is 9.91. The zero-order valence-electron chi connectivity index (χ0n) is 22.7. The van der Waals surface area contributed by atoms with Crippen LogP contribution in [-0.2, 0) is 16.4 Å². The number of halogens is 1. The van der Waals surface area contributed by atoms with Gasteiger partial charge in [0.25, 0.3) is 10.0 Å². The highest BCUT2D eigenvalue weighted by atomic mass is 35.5. The van der Waals surface area contributed by atoms with Gasteiger partial charge in [-0.1, -0.05) is 30.7 Å². The van der Waals surface area contributed by atoms with Gasteiger partial charge in [-0.2, -0.15) is 4.98 Å². The van der Waals surface area contributed by atoms with Crippen molar-refractivity contribution in [2.24, 2.45) is 0 Å². The summed E-state index contributed by atoms with van der Waals surface area (Å²) in [6.45, 7) is 2.09. The maximum atomic E-state index is 12.9. The van der Waals surface area contributed by atoms with E-state index in [4.69, 9.17) is 21.3 Å². The summed E-state index contributed by atoms with van der Waals surface area (Å²) in [5.74, 6) is 1.06. The van der Waals surface area contributed by atoms with Crippen molar-refractivity contribution in [1.29, 1.82) is 0 Å². The van der Waals surface area contributed by atoms with Crippen LogP contribution in [0, 0.1) is 0 Å². The van der Waals surface area contributed by atoms with Crippen LogP contribution in [0.25, 0.3) is 22.0 Å². The summed E-state index contributed by atoms with van der Waals surface area (Å²) in [6, 6.07) is 14.7. The van der Waals surface area contributed by atoms with Gasteiger partial charge >= 0.3 is 0 Å². The molecule has 4 aromatic rings. The zero-order chi connectivity index (χ0) is 28.3. The van der Waals surface area contributed by atoms with E-state index in [9.17, 15) is 8.42 Å². The Balaban J connectivity index is 1.42. The molecule has 210 valence electrons. The zero-order valence-corrected chi connectivity index (χ0v) is 24.3. The molecule has 2 heterocycles. The number of hydrogen-bond donors (Lipinski definition) is 3. The Bertz CT molecular complexity index is 1620. The molecule has 0 radical (unpaired) electrons. The minimum Gasteiger partial charge on any atom is -0.480 e. The van der Waals surface area contributed by atoms with Crippen molar-refractivity contribution in [3.05, 3.63) is 65.3 Å². The van der Waals surface area contributed by atoms with Gasteiger partial charge in [0.2, 0.25) is 11.8 Å². The van der Waals surface area contributed by atoms with Gasteiger partial charge in [0, 0.05) is 29.2 Å².